The van der Waals surface area contributed by atoms with Gasteiger partial charge in [-0.05, 0) is 38.2 Å². The fourth-order valence-electron chi connectivity index (χ4n) is 0.973. The zero-order valence-corrected chi connectivity index (χ0v) is 9.53. The van der Waals surface area contributed by atoms with Crippen molar-refractivity contribution in [2.24, 2.45) is 0 Å². The first kappa shape index (κ1) is 13.2. The van der Waals surface area contributed by atoms with Crippen LogP contribution in [0.3, 0.4) is 0 Å². The van der Waals surface area contributed by atoms with E-state index < -0.39 is 0 Å². The summed E-state index contributed by atoms with van der Waals surface area (Å²) in [4.78, 5) is 0. The monoisotopic (exact) mass is 201 g/mol. The molecule has 0 rings (SSSR count). The molecule has 0 aliphatic rings. The zero-order chi connectivity index (χ0) is 11.5. The van der Waals surface area contributed by atoms with Crippen molar-refractivity contribution in [2.45, 2.75) is 13.8 Å². The van der Waals surface area contributed by atoms with Crippen LogP contribution >= 0.6 is 0 Å². The molecule has 0 amide bonds. The van der Waals surface area contributed by atoms with Crippen molar-refractivity contribution in [3.63, 3.8) is 0 Å². The van der Waals surface area contributed by atoms with Gasteiger partial charge in [0.1, 0.15) is 0 Å². The Bertz CT molecular complexity index is 314. The molecule has 0 aromatic rings. The second-order valence-corrected chi connectivity index (χ2v) is 2.83. The molecule has 1 N–H and O–H groups in total. The fraction of sp³-hybridized carbons (Fsp3) is 0.143. The van der Waals surface area contributed by atoms with E-state index in [1.165, 1.54) is 0 Å². The predicted molar refractivity (Wildman–Crippen MR) is 69.3 cm³/mol. The van der Waals surface area contributed by atoms with Gasteiger partial charge in [-0.1, -0.05) is 37.5 Å². The highest BCUT2D eigenvalue weighted by atomic mass is 14.9. The molecule has 0 aliphatic carbocycles. The number of allylic oxidation sites excluding steroid dienone is 8. The molecule has 0 aromatic heterocycles. The summed E-state index contributed by atoms with van der Waals surface area (Å²) in [5, 5.41) is 3.24. The lowest BCUT2D eigenvalue weighted by atomic mass is 10.3. The van der Waals surface area contributed by atoms with E-state index in [-0.39, 0.29) is 0 Å². The minimum absolute atomic E-state index is 0.958. The summed E-state index contributed by atoms with van der Waals surface area (Å²) < 4.78 is 0. The summed E-state index contributed by atoms with van der Waals surface area (Å²) in [5.74, 6) is 0. The molecule has 0 heterocycles. The highest BCUT2D eigenvalue weighted by Gasteiger charge is 1.91. The lowest BCUT2D eigenvalue weighted by molar-refractivity contribution is 1.05. The highest BCUT2D eigenvalue weighted by Crippen LogP contribution is 2.00. The first-order chi connectivity index (χ1) is 7.28. The van der Waals surface area contributed by atoms with Gasteiger partial charge in [0.15, 0.2) is 0 Å². The van der Waals surface area contributed by atoms with Crippen LogP contribution in [0.2, 0.25) is 0 Å². The average molecular weight is 201 g/mol. The van der Waals surface area contributed by atoms with Gasteiger partial charge in [0.2, 0.25) is 0 Å². The van der Waals surface area contributed by atoms with E-state index >= 15 is 0 Å². The van der Waals surface area contributed by atoms with Crippen molar-refractivity contribution in [2.75, 3.05) is 0 Å². The normalized spacial score (nSPS) is 13.5. The highest BCUT2D eigenvalue weighted by molar-refractivity contribution is 5.30. The van der Waals surface area contributed by atoms with Gasteiger partial charge in [-0.2, -0.15) is 0 Å². The quantitative estimate of drug-likeness (QED) is 0.643. The van der Waals surface area contributed by atoms with Crippen LogP contribution in [0.15, 0.2) is 73.2 Å². The van der Waals surface area contributed by atoms with Crippen LogP contribution < -0.4 is 5.32 Å². The third-order valence-corrected chi connectivity index (χ3v) is 1.62. The topological polar surface area (TPSA) is 12.0 Å². The molecule has 1 nitrogen and oxygen atoms in total. The SMILES string of the molecule is C=C/C=C(\C=C/C)N/C(C=C)=C/C=C\C. The summed E-state index contributed by atoms with van der Waals surface area (Å²) in [5.41, 5.74) is 1.95. The lowest BCUT2D eigenvalue weighted by Crippen LogP contribution is -2.09. The Morgan fingerprint density at radius 2 is 1.73 bits per heavy atom. The molecule has 0 bridgehead atoms. The molecule has 0 spiro atoms. The Kier molecular flexibility index (Phi) is 7.79. The molecule has 0 saturated heterocycles. The van der Waals surface area contributed by atoms with E-state index in [4.69, 9.17) is 0 Å². The van der Waals surface area contributed by atoms with Gasteiger partial charge in [0.05, 0.1) is 0 Å². The van der Waals surface area contributed by atoms with Crippen molar-refractivity contribution in [3.8, 4) is 0 Å². The van der Waals surface area contributed by atoms with Crippen LogP contribution in [0.25, 0.3) is 0 Å². The van der Waals surface area contributed by atoms with Crippen molar-refractivity contribution in [3.05, 3.63) is 73.2 Å². The van der Waals surface area contributed by atoms with Gasteiger partial charge < -0.3 is 5.32 Å². The summed E-state index contributed by atoms with van der Waals surface area (Å²) in [6, 6.07) is 0. The molecule has 1 heteroatoms. The molecule has 0 atom stereocenters. The van der Waals surface area contributed by atoms with E-state index in [9.17, 15) is 0 Å². The maximum Gasteiger partial charge on any atom is 0.0380 e. The summed E-state index contributed by atoms with van der Waals surface area (Å²) >= 11 is 0. The van der Waals surface area contributed by atoms with Crippen LogP contribution in [-0.4, -0.2) is 0 Å². The van der Waals surface area contributed by atoms with Gasteiger partial charge >= 0.3 is 0 Å². The minimum Gasteiger partial charge on any atom is -0.356 e. The average Bonchev–Trinajstić information content (AvgIpc) is 2.24. The van der Waals surface area contributed by atoms with Crippen LogP contribution in [0, 0.1) is 0 Å². The third-order valence-electron chi connectivity index (χ3n) is 1.62. The number of hydrogen-bond acceptors (Lipinski definition) is 1. The van der Waals surface area contributed by atoms with E-state index in [2.05, 4.69) is 18.5 Å². The van der Waals surface area contributed by atoms with Gasteiger partial charge in [0.25, 0.3) is 0 Å². The summed E-state index contributed by atoms with van der Waals surface area (Å²) in [6.45, 7) is 11.4. The van der Waals surface area contributed by atoms with Gasteiger partial charge in [0, 0.05) is 11.4 Å². The molecule has 0 radical (unpaired) electrons. The first-order valence-corrected chi connectivity index (χ1v) is 4.96. The fourth-order valence-corrected chi connectivity index (χ4v) is 0.973. The third kappa shape index (κ3) is 6.33. The molecule has 0 unspecified atom stereocenters. The molecule has 0 aromatic carbocycles. The van der Waals surface area contributed by atoms with Gasteiger partial charge in [-0.3, -0.25) is 0 Å². The zero-order valence-electron chi connectivity index (χ0n) is 9.53. The largest absolute Gasteiger partial charge is 0.356 e. The maximum absolute atomic E-state index is 3.75. The summed E-state index contributed by atoms with van der Waals surface area (Å²) in [6.07, 6.45) is 15.3. The van der Waals surface area contributed by atoms with E-state index in [0.717, 1.165) is 11.4 Å². The van der Waals surface area contributed by atoms with E-state index in [1.807, 2.05) is 50.3 Å². The predicted octanol–water partition coefficient (Wildman–Crippen LogP) is 3.87. The first-order valence-electron chi connectivity index (χ1n) is 4.96. The molecule has 0 saturated carbocycles. The van der Waals surface area contributed by atoms with E-state index in [1.54, 1.807) is 12.2 Å². The maximum atomic E-state index is 3.75. The van der Waals surface area contributed by atoms with Crippen molar-refractivity contribution in [1.29, 1.82) is 0 Å². The standard InChI is InChI=1S/C14H19N/c1-5-9-12-13(8-4)15-14(10-6-2)11-7-3/h5-12,15H,2,4H2,1,3H3/b9-5-,11-7-,13-12+,14-10+. The van der Waals surface area contributed by atoms with Gasteiger partial charge in [-0.25, -0.2) is 0 Å². The van der Waals surface area contributed by atoms with Crippen molar-refractivity contribution in [1.82, 2.24) is 5.32 Å². The Morgan fingerprint density at radius 1 is 1.00 bits per heavy atom. The lowest BCUT2D eigenvalue weighted by Gasteiger charge is -2.06. The second-order valence-electron chi connectivity index (χ2n) is 2.83. The van der Waals surface area contributed by atoms with Gasteiger partial charge in [-0.15, -0.1) is 0 Å². The van der Waals surface area contributed by atoms with Crippen LogP contribution in [0.5, 0.6) is 0 Å². The molecular weight excluding hydrogens is 182 g/mol. The van der Waals surface area contributed by atoms with Crippen LogP contribution in [0.4, 0.5) is 0 Å². The van der Waals surface area contributed by atoms with Crippen LogP contribution in [0.1, 0.15) is 13.8 Å². The molecule has 0 fully saturated rings. The Hall–Kier alpha value is -1.76. The Labute approximate surface area is 92.9 Å². The Morgan fingerprint density at radius 3 is 2.20 bits per heavy atom. The minimum atomic E-state index is 0.958. The van der Waals surface area contributed by atoms with Crippen molar-refractivity contribution < 1.29 is 0 Å². The summed E-state index contributed by atoms with van der Waals surface area (Å²) in [7, 11) is 0. The number of nitrogens with one attached hydrogen (secondary N) is 1. The second kappa shape index (κ2) is 8.82. The number of hydrogen-bond donors (Lipinski definition) is 1. The molecule has 80 valence electrons. The number of rotatable bonds is 6. The van der Waals surface area contributed by atoms with Crippen LogP contribution in [-0.2, 0) is 0 Å². The Balaban J connectivity index is 4.70. The smallest absolute Gasteiger partial charge is 0.0380 e. The van der Waals surface area contributed by atoms with Crippen molar-refractivity contribution >= 4 is 0 Å². The molecular formula is C14H19N. The van der Waals surface area contributed by atoms with E-state index in [0.29, 0.717) is 0 Å². The molecule has 15 heavy (non-hydrogen) atoms. The molecule has 0 aliphatic heterocycles.